The van der Waals surface area contributed by atoms with E-state index in [1.165, 1.54) is 0 Å². The van der Waals surface area contributed by atoms with Crippen molar-refractivity contribution >= 4 is 11.2 Å². The largest absolute Gasteiger partial charge is 0.481 e. The van der Waals surface area contributed by atoms with Crippen LogP contribution in [0.15, 0.2) is 36.9 Å². The van der Waals surface area contributed by atoms with Crippen LogP contribution in [0.4, 0.5) is 0 Å². The van der Waals surface area contributed by atoms with Gasteiger partial charge in [-0.05, 0) is 12.5 Å². The fourth-order valence-corrected chi connectivity index (χ4v) is 3.09. The summed E-state index contributed by atoms with van der Waals surface area (Å²) in [5, 5.41) is 3.58. The monoisotopic (exact) mass is 325 g/mol. The maximum absolute atomic E-state index is 5.90. The molecule has 1 saturated heterocycles. The molecule has 0 aromatic carbocycles. The number of methoxy groups -OCH3 is 1. The van der Waals surface area contributed by atoms with E-state index >= 15 is 0 Å². The van der Waals surface area contributed by atoms with Crippen LogP contribution in [0, 0.1) is 0 Å². The molecule has 4 heterocycles. The molecule has 124 valence electrons. The van der Waals surface area contributed by atoms with E-state index in [9.17, 15) is 0 Å². The van der Waals surface area contributed by atoms with Gasteiger partial charge in [-0.2, -0.15) is 0 Å². The molecular weight excluding hydrogens is 306 g/mol. The van der Waals surface area contributed by atoms with Crippen LogP contribution in [0.25, 0.3) is 11.2 Å². The van der Waals surface area contributed by atoms with Gasteiger partial charge >= 0.3 is 0 Å². The second kappa shape index (κ2) is 6.54. The normalized spacial score (nSPS) is 20.5. The van der Waals surface area contributed by atoms with Crippen LogP contribution in [0.3, 0.4) is 0 Å². The lowest BCUT2D eigenvalue weighted by Crippen LogP contribution is -2.31. The number of fused-ring (bicyclic) bond motifs is 1. The van der Waals surface area contributed by atoms with Crippen LogP contribution < -0.4 is 10.1 Å². The zero-order valence-corrected chi connectivity index (χ0v) is 13.4. The van der Waals surface area contributed by atoms with Gasteiger partial charge in [0.15, 0.2) is 5.65 Å². The van der Waals surface area contributed by atoms with E-state index in [0.29, 0.717) is 12.4 Å². The number of aromatic nitrogens is 4. The maximum atomic E-state index is 5.90. The van der Waals surface area contributed by atoms with Gasteiger partial charge in [0.05, 0.1) is 13.2 Å². The molecule has 7 nitrogen and oxygen atoms in total. The summed E-state index contributed by atoms with van der Waals surface area (Å²) < 4.78 is 11.0. The first-order valence-electron chi connectivity index (χ1n) is 7.97. The number of ether oxygens (including phenoxy) is 2. The SMILES string of the molecule is COc1ccc([C@H]2OCC[C@@H]2NCc2c[nH]c3nccnc23)cn1. The average Bonchev–Trinajstić information content (AvgIpc) is 3.27. The van der Waals surface area contributed by atoms with Crippen LogP contribution in [0.2, 0.25) is 0 Å². The summed E-state index contributed by atoms with van der Waals surface area (Å²) in [4.78, 5) is 16.1. The summed E-state index contributed by atoms with van der Waals surface area (Å²) in [5.41, 5.74) is 3.89. The molecule has 4 rings (SSSR count). The lowest BCUT2D eigenvalue weighted by atomic mass is 10.0. The molecule has 3 aromatic rings. The van der Waals surface area contributed by atoms with Gasteiger partial charge in [0, 0.05) is 61.2 Å². The van der Waals surface area contributed by atoms with Crippen LogP contribution in [0.1, 0.15) is 23.7 Å². The van der Waals surface area contributed by atoms with E-state index in [2.05, 4.69) is 25.3 Å². The molecule has 2 N–H and O–H groups in total. The van der Waals surface area contributed by atoms with Crippen molar-refractivity contribution in [2.24, 2.45) is 0 Å². The van der Waals surface area contributed by atoms with E-state index in [1.807, 2.05) is 24.5 Å². The summed E-state index contributed by atoms with van der Waals surface area (Å²) in [5.74, 6) is 0.610. The third-order valence-corrected chi connectivity index (χ3v) is 4.33. The lowest BCUT2D eigenvalue weighted by molar-refractivity contribution is 0.0981. The van der Waals surface area contributed by atoms with E-state index in [1.54, 1.807) is 19.5 Å². The van der Waals surface area contributed by atoms with Gasteiger partial charge in [-0.3, -0.25) is 4.98 Å². The lowest BCUT2D eigenvalue weighted by Gasteiger charge is -2.20. The summed E-state index contributed by atoms with van der Waals surface area (Å²) in [7, 11) is 1.61. The summed E-state index contributed by atoms with van der Waals surface area (Å²) in [6.45, 7) is 1.45. The Morgan fingerprint density at radius 3 is 3.04 bits per heavy atom. The van der Waals surface area contributed by atoms with Crippen molar-refractivity contribution in [1.82, 2.24) is 25.3 Å². The number of H-pyrrole nitrogens is 1. The van der Waals surface area contributed by atoms with Gasteiger partial charge in [-0.15, -0.1) is 0 Å². The van der Waals surface area contributed by atoms with Gasteiger partial charge in [0.1, 0.15) is 5.52 Å². The Bertz CT molecular complexity index is 817. The Morgan fingerprint density at radius 2 is 2.21 bits per heavy atom. The van der Waals surface area contributed by atoms with Crippen LogP contribution in [0.5, 0.6) is 5.88 Å². The first-order valence-corrected chi connectivity index (χ1v) is 7.97. The van der Waals surface area contributed by atoms with Crippen molar-refractivity contribution in [3.63, 3.8) is 0 Å². The Morgan fingerprint density at radius 1 is 1.29 bits per heavy atom. The third-order valence-electron chi connectivity index (χ3n) is 4.33. The molecule has 0 spiro atoms. The number of rotatable bonds is 5. The minimum atomic E-state index is -0.000281. The van der Waals surface area contributed by atoms with E-state index in [0.717, 1.165) is 35.3 Å². The number of nitrogens with zero attached hydrogens (tertiary/aromatic N) is 3. The second-order valence-corrected chi connectivity index (χ2v) is 5.77. The first-order chi connectivity index (χ1) is 11.8. The Kier molecular flexibility index (Phi) is 4.10. The molecule has 3 aromatic heterocycles. The zero-order chi connectivity index (χ0) is 16.4. The van der Waals surface area contributed by atoms with Gasteiger partial charge < -0.3 is 19.8 Å². The second-order valence-electron chi connectivity index (χ2n) is 5.77. The highest BCUT2D eigenvalue weighted by Gasteiger charge is 2.29. The minimum absolute atomic E-state index is 0.000281. The zero-order valence-electron chi connectivity index (χ0n) is 13.4. The number of hydrogen-bond donors (Lipinski definition) is 2. The molecule has 1 aliphatic rings. The van der Waals surface area contributed by atoms with Gasteiger partial charge in [-0.1, -0.05) is 0 Å². The Balaban J connectivity index is 1.47. The van der Waals surface area contributed by atoms with Crippen LogP contribution in [-0.4, -0.2) is 39.7 Å². The fraction of sp³-hybridized carbons (Fsp3) is 0.353. The van der Waals surface area contributed by atoms with Crippen molar-refractivity contribution in [3.8, 4) is 5.88 Å². The predicted molar refractivity (Wildman–Crippen MR) is 88.6 cm³/mol. The molecule has 24 heavy (non-hydrogen) atoms. The molecule has 0 bridgehead atoms. The summed E-state index contributed by atoms with van der Waals surface area (Å²) in [6, 6.07) is 4.11. The standard InChI is InChI=1S/C17H19N5O2/c1-23-14-3-2-11(8-21-14)16-13(4-7-24-16)20-9-12-10-22-17-15(12)18-5-6-19-17/h2-3,5-6,8,10,13,16,20H,4,7,9H2,1H3,(H,19,22)/t13-,16+/m0/s1. The molecule has 7 heteroatoms. The van der Waals surface area contributed by atoms with E-state index < -0.39 is 0 Å². The highest BCUT2D eigenvalue weighted by Crippen LogP contribution is 2.29. The molecule has 1 fully saturated rings. The number of pyridine rings is 1. The van der Waals surface area contributed by atoms with Gasteiger partial charge in [-0.25, -0.2) is 9.97 Å². The highest BCUT2D eigenvalue weighted by molar-refractivity contribution is 5.74. The quantitative estimate of drug-likeness (QED) is 0.746. The number of hydrogen-bond acceptors (Lipinski definition) is 6. The molecule has 0 unspecified atom stereocenters. The summed E-state index contributed by atoms with van der Waals surface area (Å²) >= 11 is 0. The van der Waals surface area contributed by atoms with Crippen molar-refractivity contribution < 1.29 is 9.47 Å². The molecule has 1 aliphatic heterocycles. The van der Waals surface area contributed by atoms with E-state index in [4.69, 9.17) is 9.47 Å². The molecule has 0 aliphatic carbocycles. The molecule has 0 saturated carbocycles. The van der Waals surface area contributed by atoms with Crippen molar-refractivity contribution in [3.05, 3.63) is 48.0 Å². The topological polar surface area (TPSA) is 85.0 Å². The van der Waals surface area contributed by atoms with Crippen molar-refractivity contribution in [1.29, 1.82) is 0 Å². The Labute approximate surface area is 139 Å². The maximum Gasteiger partial charge on any atom is 0.212 e. The minimum Gasteiger partial charge on any atom is -0.481 e. The molecular formula is C17H19N5O2. The Hall–Kier alpha value is -2.51. The van der Waals surface area contributed by atoms with Gasteiger partial charge in [0.25, 0.3) is 0 Å². The fourth-order valence-electron chi connectivity index (χ4n) is 3.09. The van der Waals surface area contributed by atoms with Crippen LogP contribution >= 0.6 is 0 Å². The van der Waals surface area contributed by atoms with Crippen LogP contribution in [-0.2, 0) is 11.3 Å². The number of aromatic amines is 1. The summed E-state index contributed by atoms with van der Waals surface area (Å²) in [6.07, 6.45) is 8.14. The predicted octanol–water partition coefficient (Wildman–Crippen LogP) is 1.98. The first kappa shape index (κ1) is 15.0. The van der Waals surface area contributed by atoms with Crippen molar-refractivity contribution in [2.45, 2.75) is 25.1 Å². The number of nitrogens with one attached hydrogen (secondary N) is 2. The molecule has 0 radical (unpaired) electrons. The van der Waals surface area contributed by atoms with E-state index in [-0.39, 0.29) is 12.1 Å². The van der Waals surface area contributed by atoms with Gasteiger partial charge in [0.2, 0.25) is 5.88 Å². The van der Waals surface area contributed by atoms with Crippen molar-refractivity contribution in [2.75, 3.05) is 13.7 Å². The third kappa shape index (κ3) is 2.83. The molecule has 2 atom stereocenters. The molecule has 0 amide bonds. The highest BCUT2D eigenvalue weighted by atomic mass is 16.5. The smallest absolute Gasteiger partial charge is 0.212 e. The average molecular weight is 325 g/mol.